The second-order valence-electron chi connectivity index (χ2n) is 6.00. The molecule has 1 atom stereocenters. The van der Waals surface area contributed by atoms with E-state index in [0.29, 0.717) is 13.2 Å². The van der Waals surface area contributed by atoms with Crippen LogP contribution >= 0.6 is 0 Å². The Morgan fingerprint density at radius 1 is 1.33 bits per heavy atom. The van der Waals surface area contributed by atoms with Gasteiger partial charge in [0.15, 0.2) is 0 Å². The van der Waals surface area contributed by atoms with Gasteiger partial charge in [-0.3, -0.25) is 0 Å². The highest BCUT2D eigenvalue weighted by Gasteiger charge is 2.24. The predicted octanol–water partition coefficient (Wildman–Crippen LogP) is 2.54. The summed E-state index contributed by atoms with van der Waals surface area (Å²) in [5.41, 5.74) is 3.79. The number of β-amino-alcohol motifs (C(OH)–C–C–N with tert-alkyl or cyclic N) is 1. The van der Waals surface area contributed by atoms with Crippen LogP contribution < -0.4 is 9.64 Å². The van der Waals surface area contributed by atoms with Crippen molar-refractivity contribution in [2.75, 3.05) is 31.7 Å². The van der Waals surface area contributed by atoms with Gasteiger partial charge in [-0.1, -0.05) is 6.07 Å². The molecule has 0 spiro atoms. The average Bonchev–Trinajstić information content (AvgIpc) is 2.46. The normalized spacial score (nSPS) is 16.0. The maximum Gasteiger partial charge on any atom is 0.142 e. The minimum Gasteiger partial charge on any atom is -0.495 e. The summed E-state index contributed by atoms with van der Waals surface area (Å²) in [4.78, 5) is 2.24. The van der Waals surface area contributed by atoms with Gasteiger partial charge >= 0.3 is 0 Å². The number of rotatable bonds is 6. The lowest BCUT2D eigenvalue weighted by Gasteiger charge is -2.35. The fourth-order valence-electron chi connectivity index (χ4n) is 2.89. The number of anilines is 1. The van der Waals surface area contributed by atoms with Gasteiger partial charge in [0.1, 0.15) is 5.75 Å². The van der Waals surface area contributed by atoms with Crippen LogP contribution in [0.15, 0.2) is 12.1 Å². The van der Waals surface area contributed by atoms with Crippen LogP contribution in [0.3, 0.4) is 0 Å². The fraction of sp³-hybridized carbons (Fsp3) is 0.647. The van der Waals surface area contributed by atoms with Crippen LogP contribution in [0.5, 0.6) is 5.75 Å². The Morgan fingerprint density at radius 2 is 2.10 bits per heavy atom. The van der Waals surface area contributed by atoms with Crippen LogP contribution in [-0.2, 0) is 11.2 Å². The first-order valence-corrected chi connectivity index (χ1v) is 7.74. The fourth-order valence-corrected chi connectivity index (χ4v) is 2.89. The van der Waals surface area contributed by atoms with E-state index in [9.17, 15) is 5.11 Å². The molecule has 0 aromatic heterocycles. The van der Waals surface area contributed by atoms with E-state index < -0.39 is 6.10 Å². The Bertz CT molecular complexity index is 473. The van der Waals surface area contributed by atoms with Gasteiger partial charge in [0.05, 0.1) is 31.6 Å². The van der Waals surface area contributed by atoms with E-state index in [4.69, 9.17) is 9.47 Å². The van der Waals surface area contributed by atoms with E-state index in [1.54, 1.807) is 7.11 Å². The maximum absolute atomic E-state index is 10.2. The number of hydrogen-bond acceptors (Lipinski definition) is 4. The summed E-state index contributed by atoms with van der Waals surface area (Å²) in [6.07, 6.45) is 1.85. The van der Waals surface area contributed by atoms with Gasteiger partial charge in [-0.05, 0) is 50.8 Å². The minimum atomic E-state index is -0.483. The topological polar surface area (TPSA) is 41.9 Å². The second-order valence-corrected chi connectivity index (χ2v) is 6.00. The molecule has 0 saturated heterocycles. The third-order valence-electron chi connectivity index (χ3n) is 3.92. The molecule has 4 nitrogen and oxygen atoms in total. The van der Waals surface area contributed by atoms with Gasteiger partial charge in [-0.25, -0.2) is 0 Å². The average molecular weight is 293 g/mol. The molecule has 0 fully saturated rings. The lowest BCUT2D eigenvalue weighted by molar-refractivity contribution is 0.00877. The van der Waals surface area contributed by atoms with Crippen molar-refractivity contribution in [2.24, 2.45) is 0 Å². The molecule has 1 unspecified atom stereocenters. The monoisotopic (exact) mass is 293 g/mol. The SMILES string of the molecule is COc1ccc(C)c2c1N(CC(O)COC(C)C)CCC2. The maximum atomic E-state index is 10.2. The number of ether oxygens (including phenoxy) is 2. The molecule has 1 aliphatic heterocycles. The lowest BCUT2D eigenvalue weighted by Crippen LogP contribution is -2.39. The van der Waals surface area contributed by atoms with Crippen LogP contribution in [0.25, 0.3) is 0 Å². The van der Waals surface area contributed by atoms with Crippen molar-refractivity contribution in [3.05, 3.63) is 23.3 Å². The zero-order valence-electron chi connectivity index (χ0n) is 13.6. The largest absolute Gasteiger partial charge is 0.495 e. The van der Waals surface area contributed by atoms with Crippen molar-refractivity contribution >= 4 is 5.69 Å². The standard InChI is InChI=1S/C17H27NO3/c1-12(2)21-11-14(19)10-18-9-5-6-15-13(3)7-8-16(20-4)17(15)18/h7-8,12,14,19H,5-6,9-11H2,1-4H3. The van der Waals surface area contributed by atoms with E-state index in [1.165, 1.54) is 11.1 Å². The summed E-state index contributed by atoms with van der Waals surface area (Å²) in [6, 6.07) is 4.13. The lowest BCUT2D eigenvalue weighted by atomic mass is 9.96. The van der Waals surface area contributed by atoms with Gasteiger partial charge in [0, 0.05) is 13.1 Å². The molecule has 0 aliphatic carbocycles. The molecule has 0 bridgehead atoms. The highest BCUT2D eigenvalue weighted by atomic mass is 16.5. The summed E-state index contributed by atoms with van der Waals surface area (Å²) < 4.78 is 11.0. The molecule has 0 amide bonds. The first kappa shape index (κ1) is 16.1. The molecule has 0 radical (unpaired) electrons. The van der Waals surface area contributed by atoms with E-state index in [1.807, 2.05) is 19.9 Å². The Morgan fingerprint density at radius 3 is 2.76 bits per heavy atom. The molecule has 1 heterocycles. The van der Waals surface area contributed by atoms with Crippen molar-refractivity contribution < 1.29 is 14.6 Å². The van der Waals surface area contributed by atoms with Gasteiger partial charge in [0.25, 0.3) is 0 Å². The molecule has 4 heteroatoms. The Balaban J connectivity index is 2.15. The molecule has 1 N–H and O–H groups in total. The van der Waals surface area contributed by atoms with Crippen LogP contribution in [0.2, 0.25) is 0 Å². The number of hydrogen-bond donors (Lipinski definition) is 1. The predicted molar refractivity (Wildman–Crippen MR) is 85.4 cm³/mol. The Labute approximate surface area is 127 Å². The molecular weight excluding hydrogens is 266 g/mol. The number of aliphatic hydroxyl groups excluding tert-OH is 1. The Hall–Kier alpha value is -1.26. The highest BCUT2D eigenvalue weighted by Crippen LogP contribution is 2.38. The van der Waals surface area contributed by atoms with E-state index in [-0.39, 0.29) is 6.10 Å². The van der Waals surface area contributed by atoms with Crippen molar-refractivity contribution in [3.63, 3.8) is 0 Å². The summed E-state index contributed by atoms with van der Waals surface area (Å²) in [5, 5.41) is 10.2. The van der Waals surface area contributed by atoms with Crippen molar-refractivity contribution in [2.45, 2.75) is 45.8 Å². The van der Waals surface area contributed by atoms with Gasteiger partial charge in [0.2, 0.25) is 0 Å². The van der Waals surface area contributed by atoms with Crippen LogP contribution in [0.1, 0.15) is 31.4 Å². The van der Waals surface area contributed by atoms with Crippen LogP contribution in [0, 0.1) is 6.92 Å². The first-order valence-electron chi connectivity index (χ1n) is 7.74. The minimum absolute atomic E-state index is 0.144. The Kier molecular flexibility index (Phi) is 5.48. The highest BCUT2D eigenvalue weighted by molar-refractivity contribution is 5.67. The number of aliphatic hydroxyl groups is 1. The summed E-state index contributed by atoms with van der Waals surface area (Å²) >= 11 is 0. The molecular formula is C17H27NO3. The third kappa shape index (κ3) is 3.89. The number of benzene rings is 1. The summed E-state index contributed by atoms with van der Waals surface area (Å²) in [6.45, 7) is 8.01. The second kappa shape index (κ2) is 7.14. The molecule has 1 aliphatic rings. The van der Waals surface area contributed by atoms with Gasteiger partial charge < -0.3 is 19.5 Å². The quantitative estimate of drug-likeness (QED) is 0.875. The third-order valence-corrected chi connectivity index (χ3v) is 3.92. The summed E-state index contributed by atoms with van der Waals surface area (Å²) in [7, 11) is 1.70. The number of aryl methyl sites for hydroxylation is 1. The van der Waals surface area contributed by atoms with Crippen LogP contribution in [0.4, 0.5) is 5.69 Å². The number of methoxy groups -OCH3 is 1. The van der Waals surface area contributed by atoms with E-state index in [0.717, 1.165) is 30.8 Å². The molecule has 118 valence electrons. The van der Waals surface area contributed by atoms with Crippen molar-refractivity contribution in [3.8, 4) is 5.75 Å². The first-order chi connectivity index (χ1) is 10.0. The molecule has 1 aromatic rings. The zero-order chi connectivity index (χ0) is 15.4. The van der Waals surface area contributed by atoms with E-state index >= 15 is 0 Å². The van der Waals surface area contributed by atoms with Gasteiger partial charge in [-0.2, -0.15) is 0 Å². The summed E-state index contributed by atoms with van der Waals surface area (Å²) in [5.74, 6) is 0.896. The van der Waals surface area contributed by atoms with Crippen LogP contribution in [-0.4, -0.2) is 44.1 Å². The van der Waals surface area contributed by atoms with Crippen molar-refractivity contribution in [1.29, 1.82) is 0 Å². The zero-order valence-corrected chi connectivity index (χ0v) is 13.6. The number of fused-ring (bicyclic) bond motifs is 1. The molecule has 0 saturated carbocycles. The molecule has 21 heavy (non-hydrogen) atoms. The van der Waals surface area contributed by atoms with Crippen molar-refractivity contribution in [1.82, 2.24) is 0 Å². The molecule has 2 rings (SSSR count). The van der Waals surface area contributed by atoms with Gasteiger partial charge in [-0.15, -0.1) is 0 Å². The van der Waals surface area contributed by atoms with E-state index in [2.05, 4.69) is 17.9 Å². The number of nitrogens with zero attached hydrogens (tertiary/aromatic N) is 1. The smallest absolute Gasteiger partial charge is 0.142 e. The molecule has 1 aromatic carbocycles.